The molecule has 0 aliphatic rings. The lowest BCUT2D eigenvalue weighted by atomic mass is 10.2. The van der Waals surface area contributed by atoms with Crippen LogP contribution in [0.1, 0.15) is 19.5 Å². The summed E-state index contributed by atoms with van der Waals surface area (Å²) in [6, 6.07) is 11.5. The number of rotatable bonds is 5. The Labute approximate surface area is 132 Å². The first-order valence-corrected chi connectivity index (χ1v) is 7.53. The summed E-state index contributed by atoms with van der Waals surface area (Å²) in [5.41, 5.74) is 1.89. The number of benzene rings is 1. The van der Waals surface area contributed by atoms with Gasteiger partial charge in [-0.1, -0.05) is 17.7 Å². The smallest absolute Gasteiger partial charge is 0.138 e. The molecule has 5 heteroatoms. The number of nitrogens with zero attached hydrogens (tertiary/aromatic N) is 1. The van der Waals surface area contributed by atoms with Crippen LogP contribution in [0.5, 0.6) is 5.75 Å². The molecule has 0 atom stereocenters. The van der Waals surface area contributed by atoms with Crippen molar-refractivity contribution in [1.29, 1.82) is 0 Å². The van der Waals surface area contributed by atoms with E-state index in [1.807, 2.05) is 50.2 Å². The monoisotopic (exact) mass is 354 g/mol. The van der Waals surface area contributed by atoms with Crippen LogP contribution >= 0.6 is 27.5 Å². The first-order valence-electron chi connectivity index (χ1n) is 6.36. The van der Waals surface area contributed by atoms with Gasteiger partial charge in [0.2, 0.25) is 0 Å². The molecule has 0 bridgehead atoms. The van der Waals surface area contributed by atoms with Gasteiger partial charge in [-0.25, -0.2) is 4.98 Å². The molecule has 0 spiro atoms. The Kier molecular flexibility index (Phi) is 5.26. The quantitative estimate of drug-likeness (QED) is 0.775. The molecule has 2 aromatic rings. The lowest BCUT2D eigenvalue weighted by molar-refractivity contribution is 0.242. The number of ether oxygens (including phenoxy) is 1. The molecule has 20 heavy (non-hydrogen) atoms. The third-order valence-corrected chi connectivity index (χ3v) is 3.28. The van der Waals surface area contributed by atoms with E-state index in [9.17, 15) is 0 Å². The van der Waals surface area contributed by atoms with E-state index in [0.717, 1.165) is 16.0 Å². The van der Waals surface area contributed by atoms with Gasteiger partial charge in [0.25, 0.3) is 0 Å². The SMILES string of the molecule is CC(C)Oc1ccc(NCc2cccc(Br)n2)cc1Cl. The molecule has 106 valence electrons. The summed E-state index contributed by atoms with van der Waals surface area (Å²) < 4.78 is 6.43. The average Bonchev–Trinajstić information content (AvgIpc) is 2.39. The first-order chi connectivity index (χ1) is 9.54. The van der Waals surface area contributed by atoms with Crippen LogP contribution in [0.25, 0.3) is 0 Å². The van der Waals surface area contributed by atoms with E-state index in [1.54, 1.807) is 0 Å². The Morgan fingerprint density at radius 1 is 1.30 bits per heavy atom. The Morgan fingerprint density at radius 3 is 2.75 bits per heavy atom. The molecule has 3 nitrogen and oxygen atoms in total. The van der Waals surface area contributed by atoms with Crippen molar-refractivity contribution in [3.05, 3.63) is 51.7 Å². The zero-order valence-corrected chi connectivity index (χ0v) is 13.7. The summed E-state index contributed by atoms with van der Waals surface area (Å²) in [4.78, 5) is 4.36. The molecule has 1 heterocycles. The van der Waals surface area contributed by atoms with Crippen molar-refractivity contribution in [1.82, 2.24) is 4.98 Å². The van der Waals surface area contributed by atoms with Gasteiger partial charge in [0.05, 0.1) is 23.4 Å². The largest absolute Gasteiger partial charge is 0.489 e. The summed E-state index contributed by atoms with van der Waals surface area (Å²) in [6.07, 6.45) is 0.108. The lowest BCUT2D eigenvalue weighted by Crippen LogP contribution is -2.06. The summed E-state index contributed by atoms with van der Waals surface area (Å²) in [6.45, 7) is 4.59. The fourth-order valence-corrected chi connectivity index (χ4v) is 2.31. The zero-order valence-electron chi connectivity index (χ0n) is 11.4. The van der Waals surface area contributed by atoms with E-state index in [1.165, 1.54) is 0 Å². The first kappa shape index (κ1) is 15.1. The van der Waals surface area contributed by atoms with Gasteiger partial charge in [0.1, 0.15) is 10.4 Å². The summed E-state index contributed by atoms with van der Waals surface area (Å²) in [5, 5.41) is 3.89. The van der Waals surface area contributed by atoms with E-state index >= 15 is 0 Å². The van der Waals surface area contributed by atoms with Crippen LogP contribution in [-0.4, -0.2) is 11.1 Å². The zero-order chi connectivity index (χ0) is 14.5. The minimum absolute atomic E-state index is 0.108. The molecule has 0 unspecified atom stereocenters. The van der Waals surface area contributed by atoms with Crippen molar-refractivity contribution in [2.24, 2.45) is 0 Å². The molecule has 1 aromatic carbocycles. The Morgan fingerprint density at radius 2 is 2.10 bits per heavy atom. The predicted octanol–water partition coefficient (Wildman–Crippen LogP) is 4.90. The van der Waals surface area contributed by atoms with E-state index in [2.05, 4.69) is 26.2 Å². The molecule has 1 N–H and O–H groups in total. The van der Waals surface area contributed by atoms with Crippen molar-refractivity contribution >= 4 is 33.2 Å². The molecular weight excluding hydrogens is 340 g/mol. The number of hydrogen-bond donors (Lipinski definition) is 1. The minimum Gasteiger partial charge on any atom is -0.489 e. The number of pyridine rings is 1. The number of halogens is 2. The third-order valence-electron chi connectivity index (χ3n) is 2.54. The predicted molar refractivity (Wildman–Crippen MR) is 86.5 cm³/mol. The van der Waals surface area contributed by atoms with Crippen molar-refractivity contribution in [3.8, 4) is 5.75 Å². The van der Waals surface area contributed by atoms with Gasteiger partial charge in [0, 0.05) is 5.69 Å². The fourth-order valence-electron chi connectivity index (χ4n) is 1.70. The second-order valence-electron chi connectivity index (χ2n) is 4.62. The van der Waals surface area contributed by atoms with Gasteiger partial charge >= 0.3 is 0 Å². The number of aromatic nitrogens is 1. The van der Waals surface area contributed by atoms with Crippen molar-refractivity contribution in [3.63, 3.8) is 0 Å². The molecular formula is C15H16BrClN2O. The third kappa shape index (κ3) is 4.39. The van der Waals surface area contributed by atoms with Gasteiger partial charge in [-0.3, -0.25) is 0 Å². The van der Waals surface area contributed by atoms with E-state index in [0.29, 0.717) is 17.3 Å². The van der Waals surface area contributed by atoms with Crippen LogP contribution < -0.4 is 10.1 Å². The highest BCUT2D eigenvalue weighted by atomic mass is 79.9. The van der Waals surface area contributed by atoms with Crippen LogP contribution in [0.2, 0.25) is 5.02 Å². The molecule has 0 saturated carbocycles. The minimum atomic E-state index is 0.108. The van der Waals surface area contributed by atoms with E-state index in [-0.39, 0.29) is 6.10 Å². The molecule has 1 aromatic heterocycles. The van der Waals surface area contributed by atoms with E-state index < -0.39 is 0 Å². The molecule has 0 fully saturated rings. The number of anilines is 1. The Bertz CT molecular complexity index is 590. The Balaban J connectivity index is 2.02. The van der Waals surface area contributed by atoms with Gasteiger partial charge in [-0.05, 0) is 60.1 Å². The van der Waals surface area contributed by atoms with Crippen LogP contribution in [0, 0.1) is 0 Å². The Hall–Kier alpha value is -1.26. The molecule has 0 aliphatic heterocycles. The maximum absolute atomic E-state index is 6.19. The lowest BCUT2D eigenvalue weighted by Gasteiger charge is -2.13. The van der Waals surface area contributed by atoms with Gasteiger partial charge < -0.3 is 10.1 Å². The average molecular weight is 356 g/mol. The molecule has 2 rings (SSSR count). The summed E-state index contributed by atoms with van der Waals surface area (Å²) in [7, 11) is 0. The summed E-state index contributed by atoms with van der Waals surface area (Å²) >= 11 is 9.55. The maximum Gasteiger partial charge on any atom is 0.138 e. The van der Waals surface area contributed by atoms with Crippen molar-refractivity contribution in [2.75, 3.05) is 5.32 Å². The number of hydrogen-bond acceptors (Lipinski definition) is 3. The van der Waals surface area contributed by atoms with Crippen LogP contribution in [-0.2, 0) is 6.54 Å². The van der Waals surface area contributed by atoms with Crippen LogP contribution in [0.4, 0.5) is 5.69 Å². The van der Waals surface area contributed by atoms with Gasteiger partial charge in [-0.2, -0.15) is 0 Å². The highest BCUT2D eigenvalue weighted by molar-refractivity contribution is 9.10. The van der Waals surface area contributed by atoms with Crippen LogP contribution in [0.3, 0.4) is 0 Å². The highest BCUT2D eigenvalue weighted by Gasteiger charge is 2.05. The molecule has 0 saturated heterocycles. The van der Waals surface area contributed by atoms with Crippen molar-refractivity contribution < 1.29 is 4.74 Å². The molecule has 0 aliphatic carbocycles. The van der Waals surface area contributed by atoms with Gasteiger partial charge in [0.15, 0.2) is 0 Å². The maximum atomic E-state index is 6.19. The standard InChI is InChI=1S/C15H16BrClN2O/c1-10(2)20-14-7-6-11(8-13(14)17)18-9-12-4-3-5-15(16)19-12/h3-8,10,18H,9H2,1-2H3. The fraction of sp³-hybridized carbons (Fsp3) is 0.267. The highest BCUT2D eigenvalue weighted by Crippen LogP contribution is 2.28. The second kappa shape index (κ2) is 6.95. The normalized spacial score (nSPS) is 10.7. The summed E-state index contributed by atoms with van der Waals surface area (Å²) in [5.74, 6) is 0.702. The van der Waals surface area contributed by atoms with Crippen molar-refractivity contribution in [2.45, 2.75) is 26.5 Å². The van der Waals surface area contributed by atoms with Gasteiger partial charge in [-0.15, -0.1) is 0 Å². The van der Waals surface area contributed by atoms with E-state index in [4.69, 9.17) is 16.3 Å². The second-order valence-corrected chi connectivity index (χ2v) is 5.84. The molecule has 0 radical (unpaired) electrons. The number of nitrogens with one attached hydrogen (secondary N) is 1. The topological polar surface area (TPSA) is 34.1 Å². The molecule has 0 amide bonds. The van der Waals surface area contributed by atoms with Crippen LogP contribution in [0.15, 0.2) is 41.0 Å².